The third kappa shape index (κ3) is 7.51. The van der Waals surface area contributed by atoms with E-state index in [9.17, 15) is 18.0 Å². The topological polar surface area (TPSA) is 29.1 Å². The largest absolute Gasteiger partial charge is 0.405 e. The molecule has 2 nitrogen and oxygen atoms in total. The zero-order chi connectivity index (χ0) is 8.91. The number of hydrogen-bond acceptors (Lipinski definition) is 2. The van der Waals surface area contributed by atoms with Gasteiger partial charge in [0.15, 0.2) is 0 Å². The van der Waals surface area contributed by atoms with Crippen LogP contribution >= 0.6 is 11.8 Å². The van der Waals surface area contributed by atoms with E-state index in [4.69, 9.17) is 0 Å². The molecule has 0 aromatic heterocycles. The van der Waals surface area contributed by atoms with E-state index in [0.29, 0.717) is 0 Å². The van der Waals surface area contributed by atoms with E-state index in [1.54, 1.807) is 11.6 Å². The highest BCUT2D eigenvalue weighted by molar-refractivity contribution is 7.99. The smallest absolute Gasteiger partial charge is 0.346 e. The Morgan fingerprint density at radius 3 is 2.45 bits per heavy atom. The van der Waals surface area contributed by atoms with Crippen molar-refractivity contribution in [3.63, 3.8) is 0 Å². The lowest BCUT2D eigenvalue weighted by Crippen LogP contribution is -2.34. The van der Waals surface area contributed by atoms with E-state index in [1.807, 2.05) is 0 Å². The van der Waals surface area contributed by atoms with Crippen LogP contribution in [0.15, 0.2) is 0 Å². The number of hydrogen-bond donors (Lipinski definition) is 1. The minimum absolute atomic E-state index is 0.0656. The van der Waals surface area contributed by atoms with Gasteiger partial charge in [0.1, 0.15) is 6.54 Å². The van der Waals surface area contributed by atoms with Crippen LogP contribution in [0.1, 0.15) is 0 Å². The van der Waals surface area contributed by atoms with Crippen molar-refractivity contribution in [3.05, 3.63) is 0 Å². The molecule has 0 saturated heterocycles. The van der Waals surface area contributed by atoms with Crippen molar-refractivity contribution in [2.24, 2.45) is 0 Å². The summed E-state index contributed by atoms with van der Waals surface area (Å²) in [7, 11) is 0. The molecular formula is C5H8F3NOS. The summed E-state index contributed by atoms with van der Waals surface area (Å²) in [4.78, 5) is 10.5. The van der Waals surface area contributed by atoms with Crippen LogP contribution in [0, 0.1) is 0 Å². The average Bonchev–Trinajstić information content (AvgIpc) is 1.83. The van der Waals surface area contributed by atoms with Crippen LogP contribution in [0.3, 0.4) is 0 Å². The number of alkyl halides is 3. The SMILES string of the molecule is CSCC(=O)NCC(F)(F)F. The molecule has 0 fully saturated rings. The Bertz CT molecular complexity index is 136. The first-order valence-corrected chi connectivity index (χ1v) is 4.17. The van der Waals surface area contributed by atoms with Crippen LogP contribution in [0.2, 0.25) is 0 Å². The molecule has 1 N–H and O–H groups in total. The van der Waals surface area contributed by atoms with Gasteiger partial charge in [-0.15, -0.1) is 0 Å². The average molecular weight is 187 g/mol. The van der Waals surface area contributed by atoms with Crippen molar-refractivity contribution in [1.82, 2.24) is 5.32 Å². The summed E-state index contributed by atoms with van der Waals surface area (Å²) >= 11 is 1.18. The van der Waals surface area contributed by atoms with Gasteiger partial charge in [-0.1, -0.05) is 0 Å². The van der Waals surface area contributed by atoms with Crippen molar-refractivity contribution in [2.75, 3.05) is 18.6 Å². The van der Waals surface area contributed by atoms with Gasteiger partial charge in [-0.3, -0.25) is 4.79 Å². The van der Waals surface area contributed by atoms with Crippen LogP contribution in [-0.4, -0.2) is 30.6 Å². The highest BCUT2D eigenvalue weighted by Gasteiger charge is 2.27. The minimum atomic E-state index is -4.31. The van der Waals surface area contributed by atoms with Crippen molar-refractivity contribution >= 4 is 17.7 Å². The second kappa shape index (κ2) is 4.48. The molecule has 0 bridgehead atoms. The molecule has 0 atom stereocenters. The summed E-state index contributed by atoms with van der Waals surface area (Å²) < 4.78 is 34.3. The van der Waals surface area contributed by atoms with Gasteiger partial charge in [-0.25, -0.2) is 0 Å². The molecule has 11 heavy (non-hydrogen) atoms. The second-order valence-corrected chi connectivity index (χ2v) is 2.69. The van der Waals surface area contributed by atoms with Crippen molar-refractivity contribution < 1.29 is 18.0 Å². The van der Waals surface area contributed by atoms with Gasteiger partial charge in [0.25, 0.3) is 0 Å². The molecule has 1 amide bonds. The molecule has 0 saturated carbocycles. The number of thioether (sulfide) groups is 1. The number of rotatable bonds is 3. The summed E-state index contributed by atoms with van der Waals surface area (Å²) in [6.07, 6.45) is -2.67. The molecule has 0 radical (unpaired) electrons. The van der Waals surface area contributed by atoms with Gasteiger partial charge >= 0.3 is 6.18 Å². The summed E-state index contributed by atoms with van der Waals surface area (Å²) in [5.41, 5.74) is 0. The maximum absolute atomic E-state index is 11.4. The number of carbonyl (C=O) groups is 1. The Balaban J connectivity index is 3.46. The molecule has 0 heterocycles. The molecule has 0 aliphatic heterocycles. The fraction of sp³-hybridized carbons (Fsp3) is 0.800. The lowest BCUT2D eigenvalue weighted by atomic mass is 10.6. The lowest BCUT2D eigenvalue weighted by Gasteiger charge is -2.06. The summed E-state index contributed by atoms with van der Waals surface area (Å²) in [5, 5.41) is 1.74. The normalized spacial score (nSPS) is 11.3. The quantitative estimate of drug-likeness (QED) is 0.715. The first-order valence-electron chi connectivity index (χ1n) is 2.78. The Labute approximate surface area is 66.5 Å². The summed E-state index contributed by atoms with van der Waals surface area (Å²) in [6, 6.07) is 0. The van der Waals surface area contributed by atoms with E-state index in [-0.39, 0.29) is 5.75 Å². The van der Waals surface area contributed by atoms with Crippen molar-refractivity contribution in [2.45, 2.75) is 6.18 Å². The van der Waals surface area contributed by atoms with Gasteiger partial charge in [-0.2, -0.15) is 24.9 Å². The Morgan fingerprint density at radius 2 is 2.09 bits per heavy atom. The number of amides is 1. The van der Waals surface area contributed by atoms with Crippen LogP contribution in [0.25, 0.3) is 0 Å². The maximum Gasteiger partial charge on any atom is 0.405 e. The first-order chi connectivity index (χ1) is 4.95. The van der Waals surface area contributed by atoms with E-state index >= 15 is 0 Å². The van der Waals surface area contributed by atoms with Crippen molar-refractivity contribution in [3.8, 4) is 0 Å². The van der Waals surface area contributed by atoms with E-state index in [0.717, 1.165) is 0 Å². The van der Waals surface area contributed by atoms with Gasteiger partial charge in [0.05, 0.1) is 5.75 Å². The van der Waals surface area contributed by atoms with Crippen LogP contribution < -0.4 is 5.32 Å². The molecular weight excluding hydrogens is 179 g/mol. The number of carbonyl (C=O) groups excluding carboxylic acids is 1. The zero-order valence-electron chi connectivity index (χ0n) is 5.86. The zero-order valence-corrected chi connectivity index (χ0v) is 6.68. The highest BCUT2D eigenvalue weighted by Crippen LogP contribution is 2.12. The molecule has 0 aliphatic rings. The van der Waals surface area contributed by atoms with Crippen molar-refractivity contribution in [1.29, 1.82) is 0 Å². The molecule has 0 unspecified atom stereocenters. The second-order valence-electron chi connectivity index (χ2n) is 1.82. The molecule has 0 aromatic carbocycles. The third-order valence-electron chi connectivity index (χ3n) is 0.761. The fourth-order valence-electron chi connectivity index (χ4n) is 0.381. The van der Waals surface area contributed by atoms with Gasteiger partial charge in [0, 0.05) is 0 Å². The Kier molecular flexibility index (Phi) is 4.32. The van der Waals surface area contributed by atoms with Gasteiger partial charge in [-0.05, 0) is 6.26 Å². The van der Waals surface area contributed by atoms with Gasteiger partial charge in [0.2, 0.25) is 5.91 Å². The number of halogens is 3. The third-order valence-corrected chi connectivity index (χ3v) is 1.31. The maximum atomic E-state index is 11.4. The molecule has 0 aromatic rings. The van der Waals surface area contributed by atoms with Crippen LogP contribution in [-0.2, 0) is 4.79 Å². The van der Waals surface area contributed by atoms with Crippen LogP contribution in [0.4, 0.5) is 13.2 Å². The molecule has 0 spiro atoms. The molecule has 0 rings (SSSR count). The predicted molar refractivity (Wildman–Crippen MR) is 37.4 cm³/mol. The van der Waals surface area contributed by atoms with Crippen LogP contribution in [0.5, 0.6) is 0 Å². The number of nitrogens with one attached hydrogen (secondary N) is 1. The van der Waals surface area contributed by atoms with E-state index in [2.05, 4.69) is 0 Å². The Hall–Kier alpha value is -0.390. The summed E-state index contributed by atoms with van der Waals surface area (Å²) in [5.74, 6) is -0.523. The lowest BCUT2D eigenvalue weighted by molar-refractivity contribution is -0.136. The predicted octanol–water partition coefficient (Wildman–Crippen LogP) is 1.03. The van der Waals surface area contributed by atoms with E-state index in [1.165, 1.54) is 11.8 Å². The van der Waals surface area contributed by atoms with E-state index < -0.39 is 18.6 Å². The molecule has 0 aliphatic carbocycles. The standard InChI is InChI=1S/C5H8F3NOS/c1-11-2-4(10)9-3-5(6,7)8/h2-3H2,1H3,(H,9,10). The highest BCUT2D eigenvalue weighted by atomic mass is 32.2. The van der Waals surface area contributed by atoms with Gasteiger partial charge < -0.3 is 5.32 Å². The molecule has 66 valence electrons. The summed E-state index contributed by atoms with van der Waals surface area (Å²) in [6.45, 7) is -1.24. The Morgan fingerprint density at radius 1 is 1.55 bits per heavy atom. The fourth-order valence-corrected chi connectivity index (χ4v) is 0.745. The molecule has 6 heteroatoms. The monoisotopic (exact) mass is 187 g/mol. The minimum Gasteiger partial charge on any atom is -0.346 e. The first kappa shape index (κ1) is 10.6.